The zero-order valence-electron chi connectivity index (χ0n) is 13.8. The fraction of sp³-hybridized carbons (Fsp3) is 1.00. The van der Waals surface area contributed by atoms with Gasteiger partial charge in [-0.25, -0.2) is 0 Å². The maximum atomic E-state index is 3.90. The third kappa shape index (κ3) is 3.16. The highest BCUT2D eigenvalue weighted by Gasteiger charge is 2.48. The summed E-state index contributed by atoms with van der Waals surface area (Å²) in [7, 11) is 0. The van der Waals surface area contributed by atoms with Crippen molar-refractivity contribution in [1.29, 1.82) is 0 Å². The predicted molar refractivity (Wildman–Crippen MR) is 83.5 cm³/mol. The first-order valence-electron chi connectivity index (χ1n) is 8.47. The second-order valence-corrected chi connectivity index (χ2v) is 7.46. The minimum atomic E-state index is 0.358. The van der Waals surface area contributed by atoms with Gasteiger partial charge >= 0.3 is 0 Å². The first kappa shape index (κ1) is 15.3. The Morgan fingerprint density at radius 1 is 1.16 bits per heavy atom. The zero-order chi connectivity index (χ0) is 14.1. The molecule has 0 amide bonds. The third-order valence-corrected chi connectivity index (χ3v) is 6.03. The Labute approximate surface area is 120 Å². The van der Waals surface area contributed by atoms with E-state index >= 15 is 0 Å². The third-order valence-electron chi connectivity index (χ3n) is 6.03. The molecule has 0 aromatic heterocycles. The minimum Gasteiger partial charge on any atom is -0.308 e. The molecule has 1 heterocycles. The van der Waals surface area contributed by atoms with Gasteiger partial charge in [-0.05, 0) is 44.9 Å². The van der Waals surface area contributed by atoms with Crippen LogP contribution in [0.2, 0.25) is 0 Å². The second kappa shape index (κ2) is 5.73. The van der Waals surface area contributed by atoms with Crippen molar-refractivity contribution in [2.24, 2.45) is 11.8 Å². The highest BCUT2D eigenvalue weighted by molar-refractivity contribution is 5.07. The van der Waals surface area contributed by atoms with Gasteiger partial charge in [-0.3, -0.25) is 4.90 Å². The van der Waals surface area contributed by atoms with E-state index in [1.807, 2.05) is 0 Å². The van der Waals surface area contributed by atoms with Crippen LogP contribution in [0.5, 0.6) is 0 Å². The van der Waals surface area contributed by atoms with Crippen LogP contribution in [-0.4, -0.2) is 35.6 Å². The summed E-state index contributed by atoms with van der Waals surface area (Å²) in [6.45, 7) is 15.7. The van der Waals surface area contributed by atoms with E-state index in [2.05, 4.69) is 44.8 Å². The van der Waals surface area contributed by atoms with Crippen LogP contribution in [0.3, 0.4) is 0 Å². The molecule has 0 aromatic rings. The molecule has 0 aromatic carbocycles. The molecule has 2 aliphatic rings. The van der Waals surface area contributed by atoms with Crippen molar-refractivity contribution in [2.75, 3.05) is 19.6 Å². The van der Waals surface area contributed by atoms with E-state index in [-0.39, 0.29) is 0 Å². The maximum absolute atomic E-state index is 3.90. The molecule has 2 rings (SSSR count). The standard InChI is InChI=1S/C17H34N2/c1-6-14(7-2)11-19-13-17(5,15-9-10-15)18-12-16(19,4)8-3/h14-15,18H,6-13H2,1-5H3. The fourth-order valence-electron chi connectivity index (χ4n) is 3.63. The number of nitrogens with one attached hydrogen (secondary N) is 1. The molecule has 2 fully saturated rings. The zero-order valence-corrected chi connectivity index (χ0v) is 13.8. The molecule has 1 saturated heterocycles. The van der Waals surface area contributed by atoms with Crippen LogP contribution in [0.15, 0.2) is 0 Å². The van der Waals surface area contributed by atoms with Gasteiger partial charge in [0.1, 0.15) is 0 Å². The summed E-state index contributed by atoms with van der Waals surface area (Å²) >= 11 is 0. The van der Waals surface area contributed by atoms with Crippen molar-refractivity contribution in [3.63, 3.8) is 0 Å². The first-order valence-corrected chi connectivity index (χ1v) is 8.47. The van der Waals surface area contributed by atoms with Gasteiger partial charge in [0.05, 0.1) is 0 Å². The van der Waals surface area contributed by atoms with Crippen molar-refractivity contribution in [3.05, 3.63) is 0 Å². The Hall–Kier alpha value is -0.0800. The number of piperazine rings is 1. The summed E-state index contributed by atoms with van der Waals surface area (Å²) in [6.07, 6.45) is 6.76. The molecule has 0 bridgehead atoms. The van der Waals surface area contributed by atoms with Crippen LogP contribution in [0.1, 0.15) is 66.7 Å². The summed E-state index contributed by atoms with van der Waals surface area (Å²) in [5.41, 5.74) is 0.734. The molecular weight excluding hydrogens is 232 g/mol. The molecule has 1 aliphatic carbocycles. The molecule has 2 atom stereocenters. The molecule has 2 unspecified atom stereocenters. The summed E-state index contributed by atoms with van der Waals surface area (Å²) in [6, 6.07) is 0. The first-order chi connectivity index (χ1) is 8.97. The lowest BCUT2D eigenvalue weighted by Crippen LogP contribution is -2.69. The highest BCUT2D eigenvalue weighted by Crippen LogP contribution is 2.43. The van der Waals surface area contributed by atoms with Crippen LogP contribution in [0.25, 0.3) is 0 Å². The fourth-order valence-corrected chi connectivity index (χ4v) is 3.63. The molecule has 112 valence electrons. The Balaban J connectivity index is 2.08. The van der Waals surface area contributed by atoms with Gasteiger partial charge in [0.25, 0.3) is 0 Å². The molecule has 1 aliphatic heterocycles. The molecule has 2 heteroatoms. The summed E-state index contributed by atoms with van der Waals surface area (Å²) in [5, 5.41) is 3.90. The largest absolute Gasteiger partial charge is 0.308 e. The molecule has 19 heavy (non-hydrogen) atoms. The minimum absolute atomic E-state index is 0.358. The lowest BCUT2D eigenvalue weighted by molar-refractivity contribution is -0.00114. The number of nitrogens with zero attached hydrogens (tertiary/aromatic N) is 1. The smallest absolute Gasteiger partial charge is 0.0309 e. The normalized spacial score (nSPS) is 36.9. The van der Waals surface area contributed by atoms with E-state index in [4.69, 9.17) is 0 Å². The summed E-state index contributed by atoms with van der Waals surface area (Å²) in [5.74, 6) is 1.80. The van der Waals surface area contributed by atoms with Gasteiger partial charge in [0.15, 0.2) is 0 Å². The highest BCUT2D eigenvalue weighted by atomic mass is 15.3. The summed E-state index contributed by atoms with van der Waals surface area (Å²) < 4.78 is 0. The van der Waals surface area contributed by atoms with Crippen molar-refractivity contribution in [1.82, 2.24) is 10.2 Å². The molecule has 2 nitrogen and oxygen atoms in total. The van der Waals surface area contributed by atoms with Crippen LogP contribution >= 0.6 is 0 Å². The van der Waals surface area contributed by atoms with Crippen molar-refractivity contribution >= 4 is 0 Å². The van der Waals surface area contributed by atoms with E-state index in [1.165, 1.54) is 45.2 Å². The second-order valence-electron chi connectivity index (χ2n) is 7.46. The van der Waals surface area contributed by atoms with E-state index in [1.54, 1.807) is 0 Å². The Morgan fingerprint density at radius 2 is 1.79 bits per heavy atom. The van der Waals surface area contributed by atoms with Crippen LogP contribution in [0, 0.1) is 11.8 Å². The van der Waals surface area contributed by atoms with Crippen molar-refractivity contribution in [2.45, 2.75) is 77.8 Å². The number of hydrogen-bond donors (Lipinski definition) is 1. The van der Waals surface area contributed by atoms with Gasteiger partial charge in [-0.15, -0.1) is 0 Å². The molecule has 1 saturated carbocycles. The SMILES string of the molecule is CCC(CC)CN1CC(C)(C2CC2)NCC1(C)CC. The van der Waals surface area contributed by atoms with Gasteiger partial charge in [-0.2, -0.15) is 0 Å². The number of hydrogen-bond acceptors (Lipinski definition) is 2. The van der Waals surface area contributed by atoms with Crippen LogP contribution in [-0.2, 0) is 0 Å². The Morgan fingerprint density at radius 3 is 2.26 bits per heavy atom. The Kier molecular flexibility index (Phi) is 4.62. The summed E-state index contributed by atoms with van der Waals surface area (Å²) in [4.78, 5) is 2.82. The molecule has 0 spiro atoms. The maximum Gasteiger partial charge on any atom is 0.0309 e. The topological polar surface area (TPSA) is 15.3 Å². The van der Waals surface area contributed by atoms with Gasteiger partial charge < -0.3 is 5.32 Å². The lowest BCUT2D eigenvalue weighted by atomic mass is 9.83. The van der Waals surface area contributed by atoms with Crippen molar-refractivity contribution < 1.29 is 0 Å². The average molecular weight is 266 g/mol. The average Bonchev–Trinajstić information content (AvgIpc) is 3.25. The van der Waals surface area contributed by atoms with E-state index < -0.39 is 0 Å². The van der Waals surface area contributed by atoms with Crippen LogP contribution < -0.4 is 5.32 Å². The number of rotatable bonds is 6. The quantitative estimate of drug-likeness (QED) is 0.789. The van der Waals surface area contributed by atoms with Gasteiger partial charge in [0.2, 0.25) is 0 Å². The lowest BCUT2D eigenvalue weighted by Gasteiger charge is -2.53. The van der Waals surface area contributed by atoms with E-state index in [9.17, 15) is 0 Å². The van der Waals surface area contributed by atoms with Crippen LogP contribution in [0.4, 0.5) is 0 Å². The van der Waals surface area contributed by atoms with E-state index in [0.717, 1.165) is 18.4 Å². The molecule has 1 N–H and O–H groups in total. The molecule has 0 radical (unpaired) electrons. The molecular formula is C17H34N2. The van der Waals surface area contributed by atoms with Gasteiger partial charge in [-0.1, -0.05) is 33.6 Å². The van der Waals surface area contributed by atoms with Gasteiger partial charge in [0, 0.05) is 30.7 Å². The van der Waals surface area contributed by atoms with Crippen molar-refractivity contribution in [3.8, 4) is 0 Å². The predicted octanol–water partition coefficient (Wildman–Crippen LogP) is 3.67. The Bertz CT molecular complexity index is 296. The monoisotopic (exact) mass is 266 g/mol. The van der Waals surface area contributed by atoms with E-state index in [0.29, 0.717) is 11.1 Å².